The van der Waals surface area contributed by atoms with Crippen molar-refractivity contribution in [2.45, 2.75) is 12.8 Å². The van der Waals surface area contributed by atoms with Gasteiger partial charge in [0.15, 0.2) is 0 Å². The molecule has 0 saturated carbocycles. The number of likely N-dealkylation sites (N-methyl/N-ethyl adjacent to an activating group) is 1. The summed E-state index contributed by atoms with van der Waals surface area (Å²) in [5.41, 5.74) is 0. The van der Waals surface area contributed by atoms with Crippen molar-refractivity contribution in [3.63, 3.8) is 0 Å². The molecule has 7 heteroatoms. The number of likely N-dealkylation sites (tertiary alicyclic amines) is 1. The molecule has 3 amide bonds. The van der Waals surface area contributed by atoms with E-state index in [0.717, 1.165) is 25.7 Å². The second kappa shape index (κ2) is 7.52. The fourth-order valence-electron chi connectivity index (χ4n) is 1.79. The Morgan fingerprint density at radius 3 is 2.47 bits per heavy atom. The van der Waals surface area contributed by atoms with Gasteiger partial charge in [-0.2, -0.15) is 0 Å². The Morgan fingerprint density at radius 1 is 1.26 bits per heavy atom. The van der Waals surface area contributed by atoms with E-state index in [9.17, 15) is 14.4 Å². The average Bonchev–Trinajstić information content (AvgIpc) is 2.86. The minimum Gasteiger partial charge on any atom is -0.478 e. The Labute approximate surface area is 111 Å². The van der Waals surface area contributed by atoms with Crippen LogP contribution in [0.2, 0.25) is 0 Å². The normalized spacial score (nSPS) is 15.6. The van der Waals surface area contributed by atoms with E-state index in [1.165, 1.54) is 17.7 Å². The lowest BCUT2D eigenvalue weighted by Gasteiger charge is -2.21. The van der Waals surface area contributed by atoms with E-state index in [1.54, 1.807) is 7.05 Å². The summed E-state index contributed by atoms with van der Waals surface area (Å²) in [6, 6.07) is -0.528. The summed E-state index contributed by atoms with van der Waals surface area (Å²) in [6.07, 6.45) is 3.88. The number of carbonyl (C=O) groups excluding carboxylic acids is 2. The molecule has 0 bridgehead atoms. The molecule has 0 aromatic heterocycles. The summed E-state index contributed by atoms with van der Waals surface area (Å²) < 4.78 is 0. The first-order valence-electron chi connectivity index (χ1n) is 6.18. The molecular weight excluding hydrogens is 250 g/mol. The molecule has 0 aromatic carbocycles. The Kier molecular flexibility index (Phi) is 6.01. The number of carbonyl (C=O) groups is 3. The zero-order valence-electron chi connectivity index (χ0n) is 11.0. The highest BCUT2D eigenvalue weighted by molar-refractivity contribution is 6.02. The van der Waals surface area contributed by atoms with Crippen molar-refractivity contribution in [1.82, 2.24) is 15.1 Å². The number of urea groups is 1. The first-order chi connectivity index (χ1) is 8.99. The molecular formula is C12H19N3O4. The highest BCUT2D eigenvalue weighted by Crippen LogP contribution is 2.06. The zero-order valence-corrected chi connectivity index (χ0v) is 11.0. The monoisotopic (exact) mass is 269 g/mol. The molecule has 7 nitrogen and oxygen atoms in total. The zero-order chi connectivity index (χ0) is 14.3. The predicted octanol–water partition coefficient (Wildman–Crippen LogP) is -0.109. The number of carboxylic acids is 1. The van der Waals surface area contributed by atoms with Crippen molar-refractivity contribution in [2.75, 3.05) is 33.2 Å². The first-order valence-corrected chi connectivity index (χ1v) is 6.18. The third-order valence-electron chi connectivity index (χ3n) is 2.90. The van der Waals surface area contributed by atoms with Gasteiger partial charge in [-0.15, -0.1) is 0 Å². The van der Waals surface area contributed by atoms with Crippen LogP contribution in [0.1, 0.15) is 12.8 Å². The van der Waals surface area contributed by atoms with Crippen molar-refractivity contribution in [3.05, 3.63) is 12.2 Å². The molecule has 0 spiro atoms. The van der Waals surface area contributed by atoms with Crippen LogP contribution in [0, 0.1) is 0 Å². The lowest BCUT2D eigenvalue weighted by Crippen LogP contribution is -2.43. The van der Waals surface area contributed by atoms with Crippen molar-refractivity contribution >= 4 is 17.9 Å². The van der Waals surface area contributed by atoms with E-state index in [-0.39, 0.29) is 0 Å². The molecule has 106 valence electrons. The average molecular weight is 269 g/mol. The molecule has 0 radical (unpaired) electrons. The first kappa shape index (κ1) is 15.2. The molecule has 1 rings (SSSR count). The third-order valence-corrected chi connectivity index (χ3v) is 2.90. The topological polar surface area (TPSA) is 90.0 Å². The van der Waals surface area contributed by atoms with Crippen molar-refractivity contribution in [2.24, 2.45) is 0 Å². The maximum atomic E-state index is 11.6. The Bertz CT molecular complexity index is 375. The molecule has 2 N–H and O–H groups in total. The molecule has 0 aromatic rings. The van der Waals surface area contributed by atoms with Crippen LogP contribution >= 0.6 is 0 Å². The van der Waals surface area contributed by atoms with Crippen molar-refractivity contribution < 1.29 is 19.5 Å². The fourth-order valence-corrected chi connectivity index (χ4v) is 1.79. The van der Waals surface area contributed by atoms with Gasteiger partial charge < -0.3 is 14.9 Å². The summed E-state index contributed by atoms with van der Waals surface area (Å²) in [6.45, 7) is 3.41. The van der Waals surface area contributed by atoms with Crippen LogP contribution in [0.15, 0.2) is 12.2 Å². The SMILES string of the molecule is CN(CCN1CCCC1)C(=O)NC(=O)C=CC(=O)O. The molecule has 1 heterocycles. The van der Waals surface area contributed by atoms with E-state index in [1.807, 2.05) is 0 Å². The molecule has 1 aliphatic heterocycles. The maximum Gasteiger partial charge on any atom is 0.328 e. The molecule has 0 unspecified atom stereocenters. The smallest absolute Gasteiger partial charge is 0.328 e. The van der Waals surface area contributed by atoms with E-state index < -0.39 is 17.9 Å². The minimum atomic E-state index is -1.23. The van der Waals surface area contributed by atoms with Crippen LogP contribution in [-0.4, -0.2) is 66.0 Å². The summed E-state index contributed by atoms with van der Waals surface area (Å²) in [4.78, 5) is 36.7. The molecule has 0 aliphatic carbocycles. The van der Waals surface area contributed by atoms with Crippen LogP contribution in [0.3, 0.4) is 0 Å². The molecule has 1 aliphatic rings. The standard InChI is InChI=1S/C12H19N3O4/c1-14(8-9-15-6-2-3-7-15)12(19)13-10(16)4-5-11(17)18/h4-5H,2-3,6-9H2,1H3,(H,17,18)(H,13,16,19). The van der Waals surface area contributed by atoms with Crippen LogP contribution in [0.25, 0.3) is 0 Å². The number of amides is 3. The van der Waals surface area contributed by atoms with Gasteiger partial charge in [0, 0.05) is 32.3 Å². The summed E-state index contributed by atoms with van der Waals surface area (Å²) in [5.74, 6) is -1.97. The molecule has 19 heavy (non-hydrogen) atoms. The number of hydrogen-bond donors (Lipinski definition) is 2. The maximum absolute atomic E-state index is 11.6. The number of nitrogens with one attached hydrogen (secondary N) is 1. The lowest BCUT2D eigenvalue weighted by atomic mass is 10.4. The van der Waals surface area contributed by atoms with Crippen molar-refractivity contribution in [3.8, 4) is 0 Å². The van der Waals surface area contributed by atoms with E-state index in [2.05, 4.69) is 10.2 Å². The highest BCUT2D eigenvalue weighted by Gasteiger charge is 2.15. The van der Waals surface area contributed by atoms with Crippen LogP contribution in [0.4, 0.5) is 4.79 Å². The van der Waals surface area contributed by atoms with Gasteiger partial charge in [-0.05, 0) is 25.9 Å². The predicted molar refractivity (Wildman–Crippen MR) is 68.6 cm³/mol. The number of rotatable bonds is 5. The van der Waals surface area contributed by atoms with Crippen LogP contribution in [-0.2, 0) is 9.59 Å². The van der Waals surface area contributed by atoms with Crippen LogP contribution in [0.5, 0.6) is 0 Å². The Morgan fingerprint density at radius 2 is 1.89 bits per heavy atom. The Balaban J connectivity index is 2.27. The number of hydrogen-bond acceptors (Lipinski definition) is 4. The second-order valence-corrected chi connectivity index (χ2v) is 4.44. The van der Waals surface area contributed by atoms with Crippen molar-refractivity contribution in [1.29, 1.82) is 0 Å². The Hall–Kier alpha value is -1.89. The van der Waals surface area contributed by atoms with Gasteiger partial charge in [-0.3, -0.25) is 10.1 Å². The molecule has 1 saturated heterocycles. The van der Waals surface area contributed by atoms with E-state index in [4.69, 9.17) is 5.11 Å². The van der Waals surface area contributed by atoms with Gasteiger partial charge in [-0.1, -0.05) is 0 Å². The number of nitrogens with zero attached hydrogens (tertiary/aromatic N) is 2. The molecule has 1 fully saturated rings. The van der Waals surface area contributed by atoms with Gasteiger partial charge >= 0.3 is 12.0 Å². The van der Waals surface area contributed by atoms with E-state index in [0.29, 0.717) is 12.6 Å². The van der Waals surface area contributed by atoms with Gasteiger partial charge in [0.2, 0.25) is 0 Å². The number of imide groups is 1. The number of aliphatic carboxylic acids is 1. The number of carboxylic acid groups (broad SMARTS) is 1. The lowest BCUT2D eigenvalue weighted by molar-refractivity contribution is -0.131. The summed E-state index contributed by atoms with van der Waals surface area (Å²) in [7, 11) is 1.60. The summed E-state index contributed by atoms with van der Waals surface area (Å²) >= 11 is 0. The highest BCUT2D eigenvalue weighted by atomic mass is 16.4. The van der Waals surface area contributed by atoms with Crippen LogP contribution < -0.4 is 5.32 Å². The van der Waals surface area contributed by atoms with Gasteiger partial charge in [0.25, 0.3) is 5.91 Å². The van der Waals surface area contributed by atoms with Gasteiger partial charge in [0.1, 0.15) is 0 Å². The van der Waals surface area contributed by atoms with Gasteiger partial charge in [-0.25, -0.2) is 9.59 Å². The van der Waals surface area contributed by atoms with E-state index >= 15 is 0 Å². The quantitative estimate of drug-likeness (QED) is 0.680. The molecule has 0 atom stereocenters. The van der Waals surface area contributed by atoms with Gasteiger partial charge in [0.05, 0.1) is 0 Å². The summed E-state index contributed by atoms with van der Waals surface area (Å²) in [5, 5.41) is 10.4. The second-order valence-electron chi connectivity index (χ2n) is 4.44. The third kappa shape index (κ3) is 6.01. The minimum absolute atomic E-state index is 0.528. The largest absolute Gasteiger partial charge is 0.478 e. The fraction of sp³-hybridized carbons (Fsp3) is 0.583.